The van der Waals surface area contributed by atoms with Gasteiger partial charge in [0.2, 0.25) is 5.91 Å². The smallest absolute Gasteiger partial charge is 0.231 e. The second-order valence-electron chi connectivity index (χ2n) is 5.97. The van der Waals surface area contributed by atoms with Gasteiger partial charge in [-0.15, -0.1) is 11.8 Å². The second-order valence-corrected chi connectivity index (χ2v) is 7.04. The lowest BCUT2D eigenvalue weighted by Gasteiger charge is -2.47. The molecule has 2 fully saturated rings. The fourth-order valence-corrected chi connectivity index (χ4v) is 4.46. The van der Waals surface area contributed by atoms with Crippen molar-refractivity contribution in [1.29, 1.82) is 0 Å². The highest BCUT2D eigenvalue weighted by Crippen LogP contribution is 2.46. The molecule has 4 heteroatoms. The number of carbonyl (C=O) groups excluding carboxylic acids is 1. The fourth-order valence-electron chi connectivity index (χ4n) is 3.24. The van der Waals surface area contributed by atoms with Crippen LogP contribution in [0.3, 0.4) is 0 Å². The first-order valence-electron chi connectivity index (χ1n) is 6.90. The van der Waals surface area contributed by atoms with E-state index in [4.69, 9.17) is 0 Å². The molecule has 0 spiro atoms. The van der Waals surface area contributed by atoms with Gasteiger partial charge in [-0.25, -0.2) is 0 Å². The normalized spacial score (nSPS) is 27.8. The molecule has 3 nitrogen and oxygen atoms in total. The Kier molecular flexibility index (Phi) is 2.48. The minimum Gasteiger partial charge on any atom is -0.386 e. The van der Waals surface area contributed by atoms with Crippen molar-refractivity contribution in [1.82, 2.24) is 4.90 Å². The molecular formula is C15H17NO2S. The van der Waals surface area contributed by atoms with E-state index in [0.29, 0.717) is 19.0 Å². The van der Waals surface area contributed by atoms with Crippen molar-refractivity contribution in [2.75, 3.05) is 18.8 Å². The van der Waals surface area contributed by atoms with E-state index in [0.717, 1.165) is 18.6 Å². The van der Waals surface area contributed by atoms with E-state index >= 15 is 0 Å². The predicted molar refractivity (Wildman–Crippen MR) is 74.2 cm³/mol. The maximum Gasteiger partial charge on any atom is 0.231 e. The lowest BCUT2D eigenvalue weighted by molar-refractivity contribution is -0.160. The number of aliphatic hydroxyl groups is 1. The summed E-state index contributed by atoms with van der Waals surface area (Å²) in [4.78, 5) is 15.6. The number of carbonyl (C=O) groups is 1. The van der Waals surface area contributed by atoms with Gasteiger partial charge >= 0.3 is 0 Å². The first kappa shape index (κ1) is 11.8. The van der Waals surface area contributed by atoms with Gasteiger partial charge in [-0.05, 0) is 30.4 Å². The highest BCUT2D eigenvalue weighted by molar-refractivity contribution is 7.99. The van der Waals surface area contributed by atoms with Crippen molar-refractivity contribution in [3.8, 4) is 0 Å². The van der Waals surface area contributed by atoms with Crippen molar-refractivity contribution < 1.29 is 9.90 Å². The molecule has 1 aliphatic carbocycles. The summed E-state index contributed by atoms with van der Waals surface area (Å²) >= 11 is 1.76. The van der Waals surface area contributed by atoms with Crippen LogP contribution in [0.2, 0.25) is 0 Å². The van der Waals surface area contributed by atoms with E-state index in [1.807, 2.05) is 17.0 Å². The zero-order valence-corrected chi connectivity index (χ0v) is 11.5. The topological polar surface area (TPSA) is 40.5 Å². The number of thioether (sulfide) groups is 1. The van der Waals surface area contributed by atoms with E-state index in [-0.39, 0.29) is 11.8 Å². The van der Waals surface area contributed by atoms with Crippen LogP contribution < -0.4 is 0 Å². The van der Waals surface area contributed by atoms with Crippen molar-refractivity contribution >= 4 is 17.7 Å². The molecule has 1 N–H and O–H groups in total. The summed E-state index contributed by atoms with van der Waals surface area (Å²) in [5.74, 6) is 1.48. The number of fused-ring (bicyclic) bond motifs is 1. The highest BCUT2D eigenvalue weighted by Gasteiger charge is 2.54. The first-order chi connectivity index (χ1) is 9.17. The standard InChI is InChI=1S/C15H17NO2S/c17-14(16-8-15(18,9-16)10-5-6-10)12-7-19-13-4-2-1-3-11(12)13/h1-4,10,12,18H,5-9H2. The number of hydrogen-bond donors (Lipinski definition) is 1. The summed E-state index contributed by atoms with van der Waals surface area (Å²) in [6, 6.07) is 8.17. The molecule has 0 radical (unpaired) electrons. The Hall–Kier alpha value is -1.00. The molecule has 1 amide bonds. The van der Waals surface area contributed by atoms with Crippen LogP contribution in [0.15, 0.2) is 29.2 Å². The molecule has 1 aromatic rings. The molecule has 1 aromatic carbocycles. The molecule has 3 aliphatic rings. The zero-order valence-electron chi connectivity index (χ0n) is 10.7. The Labute approximate surface area is 117 Å². The third-order valence-corrected chi connectivity index (χ3v) is 5.76. The summed E-state index contributed by atoms with van der Waals surface area (Å²) in [7, 11) is 0. The summed E-state index contributed by atoms with van der Waals surface area (Å²) in [5, 5.41) is 10.3. The van der Waals surface area contributed by atoms with Crippen molar-refractivity contribution in [2.45, 2.75) is 29.3 Å². The van der Waals surface area contributed by atoms with Gasteiger partial charge in [0.05, 0.1) is 19.0 Å². The van der Waals surface area contributed by atoms with Crippen LogP contribution in [0, 0.1) is 5.92 Å². The van der Waals surface area contributed by atoms with Gasteiger partial charge < -0.3 is 10.0 Å². The minimum absolute atomic E-state index is 0.00930. The molecule has 1 saturated carbocycles. The van der Waals surface area contributed by atoms with Gasteiger partial charge in [-0.1, -0.05) is 18.2 Å². The lowest BCUT2D eigenvalue weighted by Crippen LogP contribution is -2.65. The monoisotopic (exact) mass is 275 g/mol. The van der Waals surface area contributed by atoms with Crippen LogP contribution in [0.1, 0.15) is 24.3 Å². The first-order valence-corrected chi connectivity index (χ1v) is 7.89. The molecule has 2 heterocycles. The minimum atomic E-state index is -0.569. The van der Waals surface area contributed by atoms with Gasteiger partial charge in [0.25, 0.3) is 0 Å². The molecule has 100 valence electrons. The Bertz CT molecular complexity index is 535. The van der Waals surface area contributed by atoms with E-state index in [9.17, 15) is 9.90 Å². The average molecular weight is 275 g/mol. The highest BCUT2D eigenvalue weighted by atomic mass is 32.2. The second kappa shape index (κ2) is 4.00. The quantitative estimate of drug-likeness (QED) is 0.895. The van der Waals surface area contributed by atoms with Crippen molar-refractivity contribution in [3.63, 3.8) is 0 Å². The summed E-state index contributed by atoms with van der Waals surface area (Å²) < 4.78 is 0. The van der Waals surface area contributed by atoms with E-state index in [1.54, 1.807) is 11.8 Å². The number of benzene rings is 1. The van der Waals surface area contributed by atoms with Crippen LogP contribution in [-0.2, 0) is 4.79 Å². The van der Waals surface area contributed by atoms with Crippen LogP contribution in [0.25, 0.3) is 0 Å². The van der Waals surface area contributed by atoms with Crippen LogP contribution in [0.5, 0.6) is 0 Å². The molecular weight excluding hydrogens is 258 g/mol. The lowest BCUT2D eigenvalue weighted by atomic mass is 9.87. The van der Waals surface area contributed by atoms with E-state index < -0.39 is 5.60 Å². The largest absolute Gasteiger partial charge is 0.386 e. The van der Waals surface area contributed by atoms with Crippen LogP contribution in [-0.4, -0.2) is 40.4 Å². The summed E-state index contributed by atoms with van der Waals surface area (Å²) in [6.45, 7) is 1.08. The fraction of sp³-hybridized carbons (Fsp3) is 0.533. The van der Waals surface area contributed by atoms with Gasteiger partial charge in [0.1, 0.15) is 5.60 Å². The summed E-state index contributed by atoms with van der Waals surface area (Å²) in [5.41, 5.74) is 0.598. The molecule has 1 saturated heterocycles. The molecule has 1 atom stereocenters. The van der Waals surface area contributed by atoms with Crippen LogP contribution in [0.4, 0.5) is 0 Å². The Morgan fingerprint density at radius 1 is 1.32 bits per heavy atom. The van der Waals surface area contributed by atoms with Crippen molar-refractivity contribution in [2.24, 2.45) is 5.92 Å². The molecule has 0 bridgehead atoms. The van der Waals surface area contributed by atoms with E-state index in [2.05, 4.69) is 12.1 Å². The SMILES string of the molecule is O=C(C1CSc2ccccc21)N1CC(O)(C2CC2)C1. The number of β-amino-alcohol motifs (C(OH)–C–C–N with tert-alkyl or cyclic N) is 1. The molecule has 2 aliphatic heterocycles. The third-order valence-electron chi connectivity index (χ3n) is 4.58. The van der Waals surface area contributed by atoms with Crippen LogP contribution >= 0.6 is 11.8 Å². The van der Waals surface area contributed by atoms with Gasteiger partial charge in [0, 0.05) is 10.6 Å². The molecule has 19 heavy (non-hydrogen) atoms. The maximum atomic E-state index is 12.5. The Morgan fingerprint density at radius 2 is 2.05 bits per heavy atom. The Morgan fingerprint density at radius 3 is 2.79 bits per heavy atom. The zero-order chi connectivity index (χ0) is 13.0. The summed E-state index contributed by atoms with van der Waals surface area (Å²) in [6.07, 6.45) is 2.25. The number of amides is 1. The average Bonchev–Trinajstić information content (AvgIpc) is 3.14. The number of hydrogen-bond acceptors (Lipinski definition) is 3. The van der Waals surface area contributed by atoms with Crippen molar-refractivity contribution in [3.05, 3.63) is 29.8 Å². The molecule has 1 unspecified atom stereocenters. The van der Waals surface area contributed by atoms with E-state index in [1.165, 1.54) is 10.5 Å². The predicted octanol–water partition coefficient (Wildman–Crippen LogP) is 1.86. The number of likely N-dealkylation sites (tertiary alicyclic amines) is 1. The third kappa shape index (κ3) is 1.81. The molecule has 0 aromatic heterocycles. The van der Waals surface area contributed by atoms with Gasteiger partial charge in [-0.3, -0.25) is 4.79 Å². The Balaban J connectivity index is 1.48. The maximum absolute atomic E-state index is 12.5. The van der Waals surface area contributed by atoms with Gasteiger partial charge in [-0.2, -0.15) is 0 Å². The number of rotatable bonds is 2. The number of nitrogens with zero attached hydrogens (tertiary/aromatic N) is 1. The van der Waals surface area contributed by atoms with Gasteiger partial charge in [0.15, 0.2) is 0 Å². The molecule has 4 rings (SSSR count).